The largest absolute Gasteiger partial charge is 0.397 e. The van der Waals surface area contributed by atoms with Gasteiger partial charge in [0.05, 0.1) is 10.6 Å². The summed E-state index contributed by atoms with van der Waals surface area (Å²) in [7, 11) is 0. The van der Waals surface area contributed by atoms with Gasteiger partial charge in [0.2, 0.25) is 0 Å². The van der Waals surface area contributed by atoms with Crippen molar-refractivity contribution in [1.82, 2.24) is 0 Å². The molecule has 0 amide bonds. The first kappa shape index (κ1) is 13.5. The van der Waals surface area contributed by atoms with Crippen molar-refractivity contribution >= 4 is 22.8 Å². The number of nitro benzene ring substituents is 1. The number of hydrogen-bond acceptors (Lipinski definition) is 4. The molecule has 0 aromatic heterocycles. The summed E-state index contributed by atoms with van der Waals surface area (Å²) in [6, 6.07) is 3.38. The average molecular weight is 261 g/mol. The van der Waals surface area contributed by atoms with Gasteiger partial charge < -0.3 is 5.73 Å². The highest BCUT2D eigenvalue weighted by Crippen LogP contribution is 2.40. The Bertz CT molecular complexity index is 571. The molecule has 0 heterocycles. The lowest BCUT2D eigenvalue weighted by Gasteiger charge is -2.19. The minimum Gasteiger partial charge on any atom is -0.397 e. The fourth-order valence-corrected chi connectivity index (χ4v) is 1.89. The van der Waals surface area contributed by atoms with Gasteiger partial charge in [-0.15, -0.1) is 0 Å². The van der Waals surface area contributed by atoms with Gasteiger partial charge in [-0.2, -0.15) is 0 Å². The second-order valence-electron chi connectivity index (χ2n) is 6.15. The van der Waals surface area contributed by atoms with Crippen molar-refractivity contribution in [1.29, 1.82) is 0 Å². The van der Waals surface area contributed by atoms with E-state index in [2.05, 4.69) is 4.99 Å². The first-order valence-corrected chi connectivity index (χ1v) is 6.36. The lowest BCUT2D eigenvalue weighted by Crippen LogP contribution is -2.12. The van der Waals surface area contributed by atoms with Gasteiger partial charge in [0.1, 0.15) is 0 Å². The Kier molecular flexibility index (Phi) is 3.08. The summed E-state index contributed by atoms with van der Waals surface area (Å²) in [5, 5.41) is 11.2. The van der Waals surface area contributed by atoms with Crippen LogP contribution in [0.1, 0.15) is 39.7 Å². The summed E-state index contributed by atoms with van der Waals surface area (Å²) in [6.07, 6.45) is 0.900. The van der Waals surface area contributed by atoms with Crippen LogP contribution in [-0.4, -0.2) is 10.6 Å². The van der Waals surface area contributed by atoms with Crippen LogP contribution in [0.4, 0.5) is 17.1 Å². The zero-order valence-electron chi connectivity index (χ0n) is 11.7. The molecule has 1 aromatic rings. The topological polar surface area (TPSA) is 81.5 Å². The third-order valence-electron chi connectivity index (χ3n) is 3.36. The molecule has 19 heavy (non-hydrogen) atoms. The molecule has 1 unspecified atom stereocenters. The summed E-state index contributed by atoms with van der Waals surface area (Å²) in [6.45, 7) is 8.05. The maximum atomic E-state index is 11.2. The third-order valence-corrected chi connectivity index (χ3v) is 3.36. The lowest BCUT2D eigenvalue weighted by atomic mass is 9.86. The van der Waals surface area contributed by atoms with Crippen LogP contribution in [-0.2, 0) is 5.41 Å². The number of aliphatic imine (C=N–C) groups is 1. The predicted molar refractivity (Wildman–Crippen MR) is 77.1 cm³/mol. The monoisotopic (exact) mass is 261 g/mol. The van der Waals surface area contributed by atoms with Crippen molar-refractivity contribution in [3.8, 4) is 0 Å². The van der Waals surface area contributed by atoms with E-state index >= 15 is 0 Å². The zero-order valence-corrected chi connectivity index (χ0v) is 11.7. The second-order valence-corrected chi connectivity index (χ2v) is 6.15. The van der Waals surface area contributed by atoms with E-state index in [1.165, 1.54) is 0 Å². The minimum atomic E-state index is -0.405. The normalized spacial score (nSPS) is 20.6. The number of nitrogens with zero attached hydrogens (tertiary/aromatic N) is 2. The highest BCUT2D eigenvalue weighted by molar-refractivity contribution is 6.03. The fraction of sp³-hybridized carbons (Fsp3) is 0.500. The summed E-state index contributed by atoms with van der Waals surface area (Å²) in [5.74, 6) is 0.418. The molecule has 0 spiro atoms. The maximum absolute atomic E-state index is 11.2. The molecule has 1 aromatic carbocycles. The number of nitrogen functional groups attached to an aromatic ring is 1. The molecule has 5 nitrogen and oxygen atoms in total. The number of nitrogens with two attached hydrogens (primary N) is 1. The molecule has 0 saturated heterocycles. The number of nitro groups is 1. The quantitative estimate of drug-likeness (QED) is 0.501. The Morgan fingerprint density at radius 1 is 1.42 bits per heavy atom. The van der Waals surface area contributed by atoms with Gasteiger partial charge in [-0.05, 0) is 29.4 Å². The fourth-order valence-electron chi connectivity index (χ4n) is 1.89. The van der Waals surface area contributed by atoms with Gasteiger partial charge in [0, 0.05) is 11.8 Å². The number of anilines is 1. The SMILES string of the molecule is CC1CC1=Nc1c(N)cc(C(C)(C)C)cc1[N+](=O)[O-]. The van der Waals surface area contributed by atoms with Crippen molar-refractivity contribution in [3.05, 3.63) is 27.8 Å². The van der Waals surface area contributed by atoms with Gasteiger partial charge in [-0.3, -0.25) is 10.1 Å². The van der Waals surface area contributed by atoms with Gasteiger partial charge >= 0.3 is 0 Å². The molecule has 0 radical (unpaired) electrons. The molecule has 1 atom stereocenters. The average Bonchev–Trinajstić information content (AvgIpc) is 2.95. The third kappa shape index (κ3) is 2.75. The summed E-state index contributed by atoms with van der Waals surface area (Å²) < 4.78 is 0. The van der Waals surface area contributed by atoms with Gasteiger partial charge in [0.15, 0.2) is 5.69 Å². The summed E-state index contributed by atoms with van der Waals surface area (Å²) >= 11 is 0. The van der Waals surface area contributed by atoms with E-state index < -0.39 is 4.92 Å². The molecule has 102 valence electrons. The number of benzene rings is 1. The Labute approximate surface area is 112 Å². The van der Waals surface area contributed by atoms with Crippen molar-refractivity contribution < 1.29 is 4.92 Å². The predicted octanol–water partition coefficient (Wildman–Crippen LogP) is 3.59. The highest BCUT2D eigenvalue weighted by Gasteiger charge is 2.29. The van der Waals surface area contributed by atoms with Crippen LogP contribution in [0.15, 0.2) is 17.1 Å². The van der Waals surface area contributed by atoms with Crippen LogP contribution in [0.2, 0.25) is 0 Å². The molecule has 1 aliphatic rings. The Morgan fingerprint density at radius 3 is 2.42 bits per heavy atom. The van der Waals surface area contributed by atoms with Crippen molar-refractivity contribution in [2.75, 3.05) is 5.73 Å². The van der Waals surface area contributed by atoms with E-state index in [1.807, 2.05) is 27.7 Å². The molecule has 1 saturated carbocycles. The van der Waals surface area contributed by atoms with Crippen LogP contribution < -0.4 is 5.73 Å². The first-order chi connectivity index (χ1) is 8.70. The molecule has 2 N–H and O–H groups in total. The smallest absolute Gasteiger partial charge is 0.297 e. The minimum absolute atomic E-state index is 0.00322. The van der Waals surface area contributed by atoms with Crippen molar-refractivity contribution in [2.24, 2.45) is 10.9 Å². The van der Waals surface area contributed by atoms with Crippen molar-refractivity contribution in [3.63, 3.8) is 0 Å². The van der Waals surface area contributed by atoms with E-state index in [1.54, 1.807) is 12.1 Å². The van der Waals surface area contributed by atoms with E-state index in [9.17, 15) is 10.1 Å². The Hall–Kier alpha value is -1.91. The first-order valence-electron chi connectivity index (χ1n) is 6.36. The molecule has 0 aliphatic heterocycles. The Morgan fingerprint density at radius 2 is 2.00 bits per heavy atom. The van der Waals surface area contributed by atoms with E-state index in [4.69, 9.17) is 5.73 Å². The standard InChI is InChI=1S/C14H19N3O2/c1-8-5-11(8)16-13-10(15)6-9(14(2,3)4)7-12(13)17(18)19/h6-8H,5,15H2,1-4H3. The lowest BCUT2D eigenvalue weighted by molar-refractivity contribution is -0.384. The Balaban J connectivity index is 2.58. The van der Waals surface area contributed by atoms with Crippen molar-refractivity contribution in [2.45, 2.75) is 39.5 Å². The highest BCUT2D eigenvalue weighted by atomic mass is 16.6. The molecule has 5 heteroatoms. The van der Waals surface area contributed by atoms with E-state index in [0.29, 0.717) is 17.3 Å². The van der Waals surface area contributed by atoms with Crippen LogP contribution in [0, 0.1) is 16.0 Å². The molecule has 1 fully saturated rings. The molecule has 2 rings (SSSR count). The van der Waals surface area contributed by atoms with Gasteiger partial charge in [0.25, 0.3) is 5.69 Å². The van der Waals surface area contributed by atoms with Crippen LogP contribution in [0.3, 0.4) is 0 Å². The van der Waals surface area contributed by atoms with Gasteiger partial charge in [-0.25, -0.2) is 4.99 Å². The van der Waals surface area contributed by atoms with Crippen LogP contribution in [0.5, 0.6) is 0 Å². The molecular weight excluding hydrogens is 242 g/mol. The van der Waals surface area contributed by atoms with Crippen LogP contribution in [0.25, 0.3) is 0 Å². The van der Waals surface area contributed by atoms with Gasteiger partial charge in [-0.1, -0.05) is 27.7 Å². The number of rotatable bonds is 2. The number of hydrogen-bond donors (Lipinski definition) is 1. The molecule has 0 bridgehead atoms. The summed E-state index contributed by atoms with van der Waals surface area (Å²) in [5.41, 5.74) is 8.30. The van der Waals surface area contributed by atoms with E-state index in [0.717, 1.165) is 17.7 Å². The van der Waals surface area contributed by atoms with Crippen LogP contribution >= 0.6 is 0 Å². The molecule has 1 aliphatic carbocycles. The maximum Gasteiger partial charge on any atom is 0.297 e. The van der Waals surface area contributed by atoms with E-state index in [-0.39, 0.29) is 11.1 Å². The molecular formula is C14H19N3O2. The second kappa shape index (κ2) is 4.33. The zero-order chi connectivity index (χ0) is 14.4. The summed E-state index contributed by atoms with van der Waals surface area (Å²) in [4.78, 5) is 15.2.